The van der Waals surface area contributed by atoms with Gasteiger partial charge in [-0.15, -0.1) is 0 Å². The molecule has 9 nitrogen and oxygen atoms in total. The van der Waals surface area contributed by atoms with Gasteiger partial charge in [-0.05, 0) is 36.4 Å². The number of anilines is 4. The first-order chi connectivity index (χ1) is 14.2. The standard InChI is InChI=1S/C19H18ClN5O4S/c1-25(2)30(28,29)16-6-4-3-5-15(16)23-17-14(20)11-21-19(24-17)22-13-9-7-12(8-10-13)18(26)27/h3-11H,1-2H3,(H,26,27)(H2,21,22,23,24). The lowest BCUT2D eigenvalue weighted by Crippen LogP contribution is -2.23. The van der Waals surface area contributed by atoms with E-state index in [2.05, 4.69) is 20.6 Å². The van der Waals surface area contributed by atoms with Gasteiger partial charge in [-0.3, -0.25) is 0 Å². The van der Waals surface area contributed by atoms with E-state index in [4.69, 9.17) is 16.7 Å². The number of halogens is 1. The third kappa shape index (κ3) is 4.67. The minimum atomic E-state index is -3.69. The SMILES string of the molecule is CN(C)S(=O)(=O)c1ccccc1Nc1nc(Nc2ccc(C(=O)O)cc2)ncc1Cl. The highest BCUT2D eigenvalue weighted by molar-refractivity contribution is 7.89. The van der Waals surface area contributed by atoms with Crippen molar-refractivity contribution in [3.05, 3.63) is 65.3 Å². The number of carboxylic acid groups (broad SMARTS) is 1. The minimum absolute atomic E-state index is 0.0726. The van der Waals surface area contributed by atoms with E-state index in [0.29, 0.717) is 11.4 Å². The number of aromatic nitrogens is 2. The molecule has 0 amide bonds. The van der Waals surface area contributed by atoms with E-state index in [1.54, 1.807) is 30.3 Å². The summed E-state index contributed by atoms with van der Waals surface area (Å²) in [7, 11) is -0.798. The second-order valence-electron chi connectivity index (χ2n) is 6.31. The second-order valence-corrected chi connectivity index (χ2v) is 8.83. The molecule has 0 saturated carbocycles. The van der Waals surface area contributed by atoms with Gasteiger partial charge in [0.05, 0.1) is 17.4 Å². The third-order valence-corrected chi connectivity index (χ3v) is 6.18. The zero-order valence-corrected chi connectivity index (χ0v) is 17.6. The van der Waals surface area contributed by atoms with Crippen molar-refractivity contribution in [1.82, 2.24) is 14.3 Å². The molecule has 0 atom stereocenters. The number of hydrogen-bond acceptors (Lipinski definition) is 7. The number of benzene rings is 2. The fourth-order valence-electron chi connectivity index (χ4n) is 2.46. The van der Waals surface area contributed by atoms with Crippen LogP contribution in [0.15, 0.2) is 59.6 Å². The van der Waals surface area contributed by atoms with Crippen LogP contribution in [0.3, 0.4) is 0 Å². The van der Waals surface area contributed by atoms with Gasteiger partial charge in [0, 0.05) is 19.8 Å². The molecular weight excluding hydrogens is 430 g/mol. The number of para-hydroxylation sites is 1. The summed E-state index contributed by atoms with van der Waals surface area (Å²) in [6.07, 6.45) is 1.37. The first-order valence-electron chi connectivity index (χ1n) is 8.60. The molecule has 1 heterocycles. The zero-order chi connectivity index (χ0) is 21.9. The molecule has 30 heavy (non-hydrogen) atoms. The van der Waals surface area contributed by atoms with E-state index >= 15 is 0 Å². The maximum atomic E-state index is 12.6. The van der Waals surface area contributed by atoms with Gasteiger partial charge in [-0.1, -0.05) is 23.7 Å². The van der Waals surface area contributed by atoms with Crippen LogP contribution in [0.25, 0.3) is 0 Å². The summed E-state index contributed by atoms with van der Waals surface area (Å²) in [6.45, 7) is 0. The largest absolute Gasteiger partial charge is 0.478 e. The van der Waals surface area contributed by atoms with Crippen LogP contribution in [-0.2, 0) is 10.0 Å². The highest BCUT2D eigenvalue weighted by atomic mass is 35.5. The van der Waals surface area contributed by atoms with E-state index in [9.17, 15) is 13.2 Å². The molecule has 0 saturated heterocycles. The van der Waals surface area contributed by atoms with Crippen LogP contribution in [0.5, 0.6) is 0 Å². The van der Waals surface area contributed by atoms with Crippen molar-refractivity contribution in [3.63, 3.8) is 0 Å². The molecule has 0 aliphatic rings. The Kier molecular flexibility index (Phi) is 6.20. The predicted molar refractivity (Wildman–Crippen MR) is 114 cm³/mol. The maximum absolute atomic E-state index is 12.6. The molecule has 3 N–H and O–H groups in total. The van der Waals surface area contributed by atoms with Gasteiger partial charge in [0.1, 0.15) is 9.92 Å². The number of nitrogens with one attached hydrogen (secondary N) is 2. The maximum Gasteiger partial charge on any atom is 0.335 e. The van der Waals surface area contributed by atoms with Gasteiger partial charge in [0.15, 0.2) is 5.82 Å². The summed E-state index contributed by atoms with van der Waals surface area (Å²) in [6, 6.07) is 12.4. The molecule has 156 valence electrons. The number of nitrogens with zero attached hydrogens (tertiary/aromatic N) is 3. The van der Waals surface area contributed by atoms with Crippen molar-refractivity contribution >= 4 is 50.7 Å². The van der Waals surface area contributed by atoms with Crippen molar-refractivity contribution in [1.29, 1.82) is 0 Å². The van der Waals surface area contributed by atoms with Crippen LogP contribution in [0.2, 0.25) is 5.02 Å². The Balaban J connectivity index is 1.89. The number of carboxylic acids is 1. The van der Waals surface area contributed by atoms with Gasteiger partial charge >= 0.3 is 5.97 Å². The zero-order valence-electron chi connectivity index (χ0n) is 16.0. The van der Waals surface area contributed by atoms with Crippen molar-refractivity contribution in [2.45, 2.75) is 4.90 Å². The number of carbonyl (C=O) groups is 1. The minimum Gasteiger partial charge on any atom is -0.478 e. The lowest BCUT2D eigenvalue weighted by atomic mass is 10.2. The Labute approximate surface area is 178 Å². The average molecular weight is 448 g/mol. The molecule has 0 fully saturated rings. The fourth-order valence-corrected chi connectivity index (χ4v) is 3.64. The van der Waals surface area contributed by atoms with Crippen molar-refractivity contribution in [3.8, 4) is 0 Å². The summed E-state index contributed by atoms with van der Waals surface area (Å²) in [5.41, 5.74) is 1.03. The van der Waals surface area contributed by atoms with E-state index in [1.807, 2.05) is 0 Å². The predicted octanol–water partition coefficient (Wildman–Crippen LogP) is 3.57. The molecule has 3 rings (SSSR count). The van der Waals surface area contributed by atoms with Crippen LogP contribution < -0.4 is 10.6 Å². The molecule has 0 unspecified atom stereocenters. The van der Waals surface area contributed by atoms with Crippen LogP contribution >= 0.6 is 11.6 Å². The van der Waals surface area contributed by atoms with Gasteiger partial charge in [-0.2, -0.15) is 4.98 Å². The number of rotatable bonds is 7. The Morgan fingerprint density at radius 2 is 1.73 bits per heavy atom. The number of aromatic carboxylic acids is 1. The Morgan fingerprint density at radius 3 is 2.37 bits per heavy atom. The van der Waals surface area contributed by atoms with Crippen LogP contribution in [0.1, 0.15) is 10.4 Å². The van der Waals surface area contributed by atoms with Crippen LogP contribution in [0.4, 0.5) is 23.1 Å². The van der Waals surface area contributed by atoms with Crippen molar-refractivity contribution in [2.75, 3.05) is 24.7 Å². The van der Waals surface area contributed by atoms with Crippen molar-refractivity contribution in [2.24, 2.45) is 0 Å². The highest BCUT2D eigenvalue weighted by Gasteiger charge is 2.21. The molecule has 0 spiro atoms. The summed E-state index contributed by atoms with van der Waals surface area (Å²) >= 11 is 6.19. The van der Waals surface area contributed by atoms with Crippen LogP contribution in [0, 0.1) is 0 Å². The Morgan fingerprint density at radius 1 is 1.07 bits per heavy atom. The van der Waals surface area contributed by atoms with Gasteiger partial charge in [-0.25, -0.2) is 22.5 Å². The molecule has 1 aromatic heterocycles. The summed E-state index contributed by atoms with van der Waals surface area (Å²) < 4.78 is 26.3. The molecule has 3 aromatic rings. The molecule has 2 aromatic carbocycles. The lowest BCUT2D eigenvalue weighted by Gasteiger charge is -2.16. The van der Waals surface area contributed by atoms with Gasteiger partial charge in [0.2, 0.25) is 16.0 Å². The first-order valence-corrected chi connectivity index (χ1v) is 10.4. The summed E-state index contributed by atoms with van der Waals surface area (Å²) in [4.78, 5) is 19.4. The quantitative estimate of drug-likeness (QED) is 0.502. The lowest BCUT2D eigenvalue weighted by molar-refractivity contribution is 0.0697. The van der Waals surface area contributed by atoms with Gasteiger partial charge in [0.25, 0.3) is 0 Å². The smallest absolute Gasteiger partial charge is 0.335 e. The van der Waals surface area contributed by atoms with Crippen molar-refractivity contribution < 1.29 is 18.3 Å². The van der Waals surface area contributed by atoms with E-state index in [-0.39, 0.29) is 27.2 Å². The molecule has 0 bridgehead atoms. The molecule has 0 radical (unpaired) electrons. The third-order valence-electron chi connectivity index (χ3n) is 4.03. The van der Waals surface area contributed by atoms with E-state index in [0.717, 1.165) is 4.31 Å². The number of hydrogen-bond donors (Lipinski definition) is 3. The first kappa shape index (κ1) is 21.5. The monoisotopic (exact) mass is 447 g/mol. The second kappa shape index (κ2) is 8.66. The van der Waals surface area contributed by atoms with E-state index < -0.39 is 16.0 Å². The molecular formula is C19H18ClN5O4S. The molecule has 0 aliphatic heterocycles. The van der Waals surface area contributed by atoms with Gasteiger partial charge < -0.3 is 15.7 Å². The topological polar surface area (TPSA) is 125 Å². The fraction of sp³-hybridized carbons (Fsp3) is 0.105. The highest BCUT2D eigenvalue weighted by Crippen LogP contribution is 2.29. The Bertz CT molecular complexity index is 1180. The average Bonchev–Trinajstić information content (AvgIpc) is 2.71. The molecule has 0 aliphatic carbocycles. The molecule has 11 heteroatoms. The van der Waals surface area contributed by atoms with Crippen LogP contribution in [-0.4, -0.2) is 47.9 Å². The summed E-state index contributed by atoms with van der Waals surface area (Å²) in [5.74, 6) is -0.627. The number of sulfonamides is 1. The normalized spacial score (nSPS) is 11.3. The Hall–Kier alpha value is -3.21. The van der Waals surface area contributed by atoms with E-state index in [1.165, 1.54) is 38.5 Å². The summed E-state index contributed by atoms with van der Waals surface area (Å²) in [5, 5.41) is 15.1.